The van der Waals surface area contributed by atoms with E-state index in [1.165, 1.54) is 12.8 Å². The number of rotatable bonds is 4. The Morgan fingerprint density at radius 1 is 1.36 bits per heavy atom. The van der Waals surface area contributed by atoms with Crippen molar-refractivity contribution in [1.29, 1.82) is 0 Å². The molecule has 0 radical (unpaired) electrons. The molecule has 2 fully saturated rings. The topological polar surface area (TPSA) is 26.3 Å². The van der Waals surface area contributed by atoms with Crippen LogP contribution in [0.25, 0.3) is 0 Å². The third-order valence-corrected chi connectivity index (χ3v) is 2.59. The van der Waals surface area contributed by atoms with E-state index in [1.54, 1.807) is 0 Å². The number of carbonyl (C=O) groups is 1. The van der Waals surface area contributed by atoms with E-state index in [4.69, 9.17) is 4.74 Å². The predicted molar refractivity (Wildman–Crippen MR) is 41.3 cm³/mol. The lowest BCUT2D eigenvalue weighted by atomic mass is 9.83. The zero-order valence-electron chi connectivity index (χ0n) is 6.66. The predicted octanol–water partition coefficient (Wildman–Crippen LogP) is 1.39. The summed E-state index contributed by atoms with van der Waals surface area (Å²) in [6, 6.07) is 0. The summed E-state index contributed by atoms with van der Waals surface area (Å²) in [6.07, 6.45) is 6.10. The monoisotopic (exact) mass is 154 g/mol. The van der Waals surface area contributed by atoms with Crippen LogP contribution in [-0.2, 0) is 9.53 Å². The standard InChI is InChI=1S/C9H14O2/c10-5-8-3-9(4-8)11-6-7-1-2-7/h5,7-9H,1-4,6H2. The van der Waals surface area contributed by atoms with Gasteiger partial charge in [0.05, 0.1) is 6.10 Å². The van der Waals surface area contributed by atoms with Crippen molar-refractivity contribution < 1.29 is 9.53 Å². The molecule has 2 heteroatoms. The first-order valence-electron chi connectivity index (χ1n) is 4.45. The molecule has 0 aromatic carbocycles. The van der Waals surface area contributed by atoms with Crippen LogP contribution >= 0.6 is 0 Å². The Hall–Kier alpha value is -0.370. The molecule has 0 spiro atoms. The van der Waals surface area contributed by atoms with Crippen molar-refractivity contribution in [2.75, 3.05) is 6.61 Å². The number of hydrogen-bond acceptors (Lipinski definition) is 2. The second-order valence-corrected chi connectivity index (χ2v) is 3.77. The smallest absolute Gasteiger partial charge is 0.123 e. The molecule has 0 bridgehead atoms. The second-order valence-electron chi connectivity index (χ2n) is 3.77. The van der Waals surface area contributed by atoms with Gasteiger partial charge in [0.2, 0.25) is 0 Å². The van der Waals surface area contributed by atoms with Crippen LogP contribution in [0.3, 0.4) is 0 Å². The quantitative estimate of drug-likeness (QED) is 0.572. The Kier molecular flexibility index (Phi) is 1.95. The van der Waals surface area contributed by atoms with Crippen LogP contribution in [0.5, 0.6) is 0 Å². The summed E-state index contributed by atoms with van der Waals surface area (Å²) in [5.74, 6) is 1.16. The summed E-state index contributed by atoms with van der Waals surface area (Å²) in [5.41, 5.74) is 0. The van der Waals surface area contributed by atoms with Crippen LogP contribution in [0.15, 0.2) is 0 Å². The lowest BCUT2D eigenvalue weighted by Crippen LogP contribution is -2.32. The fraction of sp³-hybridized carbons (Fsp3) is 0.889. The average Bonchev–Trinajstić information content (AvgIpc) is 2.68. The Labute approximate surface area is 66.9 Å². The van der Waals surface area contributed by atoms with Crippen LogP contribution in [0.1, 0.15) is 25.7 Å². The largest absolute Gasteiger partial charge is 0.378 e. The van der Waals surface area contributed by atoms with E-state index in [2.05, 4.69) is 0 Å². The summed E-state index contributed by atoms with van der Waals surface area (Å²) in [7, 11) is 0. The molecule has 0 aliphatic heterocycles. The van der Waals surface area contributed by atoms with Crippen molar-refractivity contribution >= 4 is 6.29 Å². The van der Waals surface area contributed by atoms with Gasteiger partial charge >= 0.3 is 0 Å². The van der Waals surface area contributed by atoms with Crippen molar-refractivity contribution in [3.63, 3.8) is 0 Å². The summed E-state index contributed by atoms with van der Waals surface area (Å²) in [5, 5.41) is 0. The highest BCUT2D eigenvalue weighted by atomic mass is 16.5. The lowest BCUT2D eigenvalue weighted by molar-refractivity contribution is -0.119. The average molecular weight is 154 g/mol. The molecule has 0 amide bonds. The molecule has 11 heavy (non-hydrogen) atoms. The van der Waals surface area contributed by atoms with Gasteiger partial charge in [-0.3, -0.25) is 0 Å². The molecule has 0 N–H and O–H groups in total. The van der Waals surface area contributed by atoms with Gasteiger partial charge in [0.25, 0.3) is 0 Å². The van der Waals surface area contributed by atoms with E-state index in [1.807, 2.05) is 0 Å². The van der Waals surface area contributed by atoms with Gasteiger partial charge in [0.15, 0.2) is 0 Å². The van der Waals surface area contributed by atoms with Crippen LogP contribution in [0.2, 0.25) is 0 Å². The van der Waals surface area contributed by atoms with Crippen molar-refractivity contribution in [3.05, 3.63) is 0 Å². The summed E-state index contributed by atoms with van der Waals surface area (Å²) in [4.78, 5) is 10.2. The van der Waals surface area contributed by atoms with E-state index in [-0.39, 0.29) is 0 Å². The molecular weight excluding hydrogens is 140 g/mol. The third-order valence-electron chi connectivity index (χ3n) is 2.59. The van der Waals surface area contributed by atoms with E-state index in [0.29, 0.717) is 12.0 Å². The molecule has 62 valence electrons. The minimum atomic E-state index is 0.305. The van der Waals surface area contributed by atoms with Gasteiger partial charge in [0, 0.05) is 12.5 Å². The fourth-order valence-electron chi connectivity index (χ4n) is 1.41. The molecule has 0 aromatic heterocycles. The highest BCUT2D eigenvalue weighted by Gasteiger charge is 2.31. The van der Waals surface area contributed by atoms with Crippen LogP contribution in [0, 0.1) is 11.8 Å². The molecule has 0 atom stereocenters. The maximum Gasteiger partial charge on any atom is 0.123 e. The molecule has 0 heterocycles. The molecule has 0 saturated heterocycles. The Bertz CT molecular complexity index is 146. The van der Waals surface area contributed by atoms with E-state index in [9.17, 15) is 4.79 Å². The normalized spacial score (nSPS) is 36.4. The van der Waals surface area contributed by atoms with Gasteiger partial charge in [-0.2, -0.15) is 0 Å². The highest BCUT2D eigenvalue weighted by molar-refractivity contribution is 5.55. The van der Waals surface area contributed by atoms with Gasteiger partial charge in [-0.15, -0.1) is 0 Å². The van der Waals surface area contributed by atoms with Gasteiger partial charge in [-0.1, -0.05) is 0 Å². The number of aldehydes is 1. The van der Waals surface area contributed by atoms with E-state index in [0.717, 1.165) is 31.7 Å². The first-order valence-corrected chi connectivity index (χ1v) is 4.45. The first-order chi connectivity index (χ1) is 5.38. The molecule has 2 aliphatic carbocycles. The van der Waals surface area contributed by atoms with Gasteiger partial charge in [0.1, 0.15) is 6.29 Å². The number of hydrogen-bond donors (Lipinski definition) is 0. The second kappa shape index (κ2) is 2.94. The third kappa shape index (κ3) is 1.80. The minimum absolute atomic E-state index is 0.305. The first kappa shape index (κ1) is 7.29. The minimum Gasteiger partial charge on any atom is -0.378 e. The number of carbonyl (C=O) groups excluding carboxylic acids is 1. The van der Waals surface area contributed by atoms with Crippen molar-refractivity contribution in [1.82, 2.24) is 0 Å². The van der Waals surface area contributed by atoms with Gasteiger partial charge in [-0.05, 0) is 31.6 Å². The SMILES string of the molecule is O=CC1CC(OCC2CC2)C1. The molecule has 2 saturated carbocycles. The zero-order valence-corrected chi connectivity index (χ0v) is 6.66. The van der Waals surface area contributed by atoms with Crippen LogP contribution in [0.4, 0.5) is 0 Å². The Balaban J connectivity index is 1.55. The number of ether oxygens (including phenoxy) is 1. The van der Waals surface area contributed by atoms with Crippen molar-refractivity contribution in [2.45, 2.75) is 31.8 Å². The van der Waals surface area contributed by atoms with Crippen LogP contribution < -0.4 is 0 Å². The maximum atomic E-state index is 10.2. The van der Waals surface area contributed by atoms with Crippen molar-refractivity contribution in [3.8, 4) is 0 Å². The van der Waals surface area contributed by atoms with Gasteiger partial charge in [-0.25, -0.2) is 0 Å². The van der Waals surface area contributed by atoms with Gasteiger partial charge < -0.3 is 9.53 Å². The molecule has 0 unspecified atom stereocenters. The summed E-state index contributed by atoms with van der Waals surface area (Å²) in [6.45, 7) is 0.941. The Morgan fingerprint density at radius 3 is 2.64 bits per heavy atom. The van der Waals surface area contributed by atoms with Crippen LogP contribution in [-0.4, -0.2) is 19.0 Å². The molecule has 2 nitrogen and oxygen atoms in total. The van der Waals surface area contributed by atoms with Crippen molar-refractivity contribution in [2.24, 2.45) is 11.8 Å². The fourth-order valence-corrected chi connectivity index (χ4v) is 1.41. The molecule has 2 rings (SSSR count). The molecule has 2 aliphatic rings. The highest BCUT2D eigenvalue weighted by Crippen LogP contribution is 2.33. The maximum absolute atomic E-state index is 10.2. The summed E-state index contributed by atoms with van der Waals surface area (Å²) >= 11 is 0. The molecule has 0 aromatic rings. The Morgan fingerprint density at radius 2 is 2.09 bits per heavy atom. The lowest BCUT2D eigenvalue weighted by Gasteiger charge is -2.31. The zero-order chi connectivity index (χ0) is 7.68. The van der Waals surface area contributed by atoms with E-state index < -0.39 is 0 Å². The summed E-state index contributed by atoms with van der Waals surface area (Å²) < 4.78 is 5.58. The molecular formula is C9H14O2. The van der Waals surface area contributed by atoms with E-state index >= 15 is 0 Å².